The molecule has 0 spiro atoms. The molecule has 24 heavy (non-hydrogen) atoms. The van der Waals surface area contributed by atoms with E-state index in [1.807, 2.05) is 6.92 Å². The predicted octanol–water partition coefficient (Wildman–Crippen LogP) is 1.23. The van der Waals surface area contributed by atoms with E-state index >= 15 is 0 Å². The summed E-state index contributed by atoms with van der Waals surface area (Å²) in [4.78, 5) is 15.8. The Labute approximate surface area is 140 Å². The Kier molecular flexibility index (Phi) is 5.91. The third-order valence-corrected chi connectivity index (χ3v) is 4.94. The smallest absolute Gasteiger partial charge is 0.315 e. The molecule has 130 valence electrons. The highest BCUT2D eigenvalue weighted by atomic mass is 32.2. The SMILES string of the molecule is CCCNC(=O)c1nc(CCS(=O)(=O)c2ccc(OC)cc2)no1. The van der Waals surface area contributed by atoms with E-state index in [2.05, 4.69) is 15.5 Å². The van der Waals surface area contributed by atoms with Gasteiger partial charge in [0.15, 0.2) is 15.7 Å². The van der Waals surface area contributed by atoms with Gasteiger partial charge in [0.05, 0.1) is 17.8 Å². The minimum Gasteiger partial charge on any atom is -0.497 e. The van der Waals surface area contributed by atoms with Crippen molar-refractivity contribution in [1.29, 1.82) is 0 Å². The number of rotatable bonds is 8. The van der Waals surface area contributed by atoms with E-state index in [1.54, 1.807) is 12.1 Å². The lowest BCUT2D eigenvalue weighted by Crippen LogP contribution is -2.24. The van der Waals surface area contributed by atoms with Gasteiger partial charge in [0, 0.05) is 13.0 Å². The van der Waals surface area contributed by atoms with Crippen LogP contribution in [0.1, 0.15) is 29.9 Å². The van der Waals surface area contributed by atoms with Gasteiger partial charge in [0.2, 0.25) is 0 Å². The van der Waals surface area contributed by atoms with E-state index in [0.29, 0.717) is 12.3 Å². The van der Waals surface area contributed by atoms with Crippen molar-refractivity contribution >= 4 is 15.7 Å². The maximum absolute atomic E-state index is 12.3. The van der Waals surface area contributed by atoms with Crippen molar-refractivity contribution in [3.8, 4) is 5.75 Å². The van der Waals surface area contributed by atoms with E-state index in [9.17, 15) is 13.2 Å². The highest BCUT2D eigenvalue weighted by Gasteiger charge is 2.19. The fourth-order valence-corrected chi connectivity index (χ4v) is 3.13. The van der Waals surface area contributed by atoms with Crippen molar-refractivity contribution in [2.24, 2.45) is 0 Å². The van der Waals surface area contributed by atoms with Gasteiger partial charge in [0.25, 0.3) is 0 Å². The standard InChI is InChI=1S/C15H19N3O5S/c1-3-9-16-14(19)15-17-13(18-23-15)8-10-24(20,21)12-6-4-11(22-2)5-7-12/h4-7H,3,8-10H2,1-2H3,(H,16,19). The number of carbonyl (C=O) groups is 1. The second-order valence-electron chi connectivity index (χ2n) is 5.02. The molecule has 0 fully saturated rings. The summed E-state index contributed by atoms with van der Waals surface area (Å²) >= 11 is 0. The Balaban J connectivity index is 1.99. The number of carbonyl (C=O) groups excluding carboxylic acids is 1. The number of methoxy groups -OCH3 is 1. The molecule has 0 unspecified atom stereocenters. The molecule has 0 atom stereocenters. The zero-order valence-electron chi connectivity index (χ0n) is 13.5. The molecule has 0 radical (unpaired) electrons. The summed E-state index contributed by atoms with van der Waals surface area (Å²) < 4.78 is 34.4. The van der Waals surface area contributed by atoms with E-state index in [1.165, 1.54) is 19.2 Å². The molecule has 1 aromatic heterocycles. The molecule has 1 heterocycles. The van der Waals surface area contributed by atoms with Gasteiger partial charge in [0.1, 0.15) is 5.75 Å². The van der Waals surface area contributed by atoms with Crippen LogP contribution in [0, 0.1) is 0 Å². The summed E-state index contributed by atoms with van der Waals surface area (Å²) in [5.41, 5.74) is 0. The van der Waals surface area contributed by atoms with Crippen molar-refractivity contribution in [1.82, 2.24) is 15.5 Å². The summed E-state index contributed by atoms with van der Waals surface area (Å²) in [7, 11) is -1.98. The molecule has 0 saturated heterocycles. The van der Waals surface area contributed by atoms with Crippen LogP contribution in [0.5, 0.6) is 5.75 Å². The van der Waals surface area contributed by atoms with Crippen LogP contribution in [0.15, 0.2) is 33.7 Å². The average molecular weight is 353 g/mol. The fourth-order valence-electron chi connectivity index (χ4n) is 1.89. The number of benzene rings is 1. The maximum Gasteiger partial charge on any atom is 0.315 e. The van der Waals surface area contributed by atoms with Crippen LogP contribution >= 0.6 is 0 Å². The first kappa shape index (κ1) is 17.9. The van der Waals surface area contributed by atoms with Crippen LogP contribution in [-0.4, -0.2) is 43.9 Å². The van der Waals surface area contributed by atoms with E-state index in [0.717, 1.165) is 6.42 Å². The molecule has 0 aliphatic carbocycles. The van der Waals surface area contributed by atoms with Gasteiger partial charge in [-0.3, -0.25) is 4.79 Å². The number of hydrogen-bond acceptors (Lipinski definition) is 7. The van der Waals surface area contributed by atoms with Crippen LogP contribution in [0.25, 0.3) is 0 Å². The molecular formula is C15H19N3O5S. The zero-order chi connectivity index (χ0) is 17.6. The van der Waals surface area contributed by atoms with Crippen molar-refractivity contribution in [2.75, 3.05) is 19.4 Å². The van der Waals surface area contributed by atoms with E-state index in [-0.39, 0.29) is 28.8 Å². The normalized spacial score (nSPS) is 11.2. The topological polar surface area (TPSA) is 111 Å². The molecule has 1 N–H and O–H groups in total. The number of nitrogens with zero attached hydrogens (tertiary/aromatic N) is 2. The molecule has 0 aliphatic rings. The van der Waals surface area contributed by atoms with Crippen LogP contribution in [0.2, 0.25) is 0 Å². The number of amides is 1. The highest BCUT2D eigenvalue weighted by molar-refractivity contribution is 7.91. The molecule has 2 rings (SSSR count). The lowest BCUT2D eigenvalue weighted by atomic mass is 10.3. The second-order valence-corrected chi connectivity index (χ2v) is 7.13. The first-order valence-corrected chi connectivity index (χ1v) is 9.09. The molecule has 8 nitrogen and oxygen atoms in total. The lowest BCUT2D eigenvalue weighted by Gasteiger charge is -2.04. The number of hydrogen-bond donors (Lipinski definition) is 1. The fraction of sp³-hybridized carbons (Fsp3) is 0.400. The van der Waals surface area contributed by atoms with Gasteiger partial charge in [-0.05, 0) is 30.7 Å². The summed E-state index contributed by atoms with van der Waals surface area (Å²) in [6.45, 7) is 2.42. The molecule has 9 heteroatoms. The third-order valence-electron chi connectivity index (χ3n) is 3.21. The lowest BCUT2D eigenvalue weighted by molar-refractivity contribution is 0.0910. The summed E-state index contributed by atoms with van der Waals surface area (Å²) in [6.07, 6.45) is 0.839. The van der Waals surface area contributed by atoms with Gasteiger partial charge in [-0.25, -0.2) is 8.42 Å². The minimum atomic E-state index is -3.49. The zero-order valence-corrected chi connectivity index (χ0v) is 14.3. The minimum absolute atomic E-state index is 0.0545. The Morgan fingerprint density at radius 2 is 2.00 bits per heavy atom. The molecule has 1 aromatic carbocycles. The average Bonchev–Trinajstić information content (AvgIpc) is 3.07. The summed E-state index contributed by atoms with van der Waals surface area (Å²) in [5.74, 6) is -0.0630. The van der Waals surface area contributed by atoms with Crippen LogP contribution in [0.3, 0.4) is 0 Å². The first-order valence-electron chi connectivity index (χ1n) is 7.44. The van der Waals surface area contributed by atoms with Gasteiger partial charge in [-0.1, -0.05) is 12.1 Å². The van der Waals surface area contributed by atoms with Gasteiger partial charge in [-0.2, -0.15) is 4.98 Å². The van der Waals surface area contributed by atoms with Crippen molar-refractivity contribution < 1.29 is 22.5 Å². The Morgan fingerprint density at radius 1 is 1.29 bits per heavy atom. The van der Waals surface area contributed by atoms with Crippen LogP contribution in [-0.2, 0) is 16.3 Å². The number of sulfone groups is 1. The Hall–Kier alpha value is -2.42. The number of aryl methyl sites for hydroxylation is 1. The van der Waals surface area contributed by atoms with Gasteiger partial charge < -0.3 is 14.6 Å². The van der Waals surface area contributed by atoms with Crippen molar-refractivity contribution in [3.63, 3.8) is 0 Å². The maximum atomic E-state index is 12.3. The van der Waals surface area contributed by atoms with Crippen LogP contribution in [0.4, 0.5) is 0 Å². The number of ether oxygens (including phenoxy) is 1. The first-order chi connectivity index (χ1) is 11.5. The molecular weight excluding hydrogens is 334 g/mol. The van der Waals surface area contributed by atoms with Crippen molar-refractivity contribution in [2.45, 2.75) is 24.7 Å². The van der Waals surface area contributed by atoms with E-state index in [4.69, 9.17) is 9.26 Å². The molecule has 0 saturated carbocycles. The predicted molar refractivity (Wildman–Crippen MR) is 85.7 cm³/mol. The highest BCUT2D eigenvalue weighted by Crippen LogP contribution is 2.17. The molecule has 1 amide bonds. The number of nitrogens with one attached hydrogen (secondary N) is 1. The quantitative estimate of drug-likeness (QED) is 0.760. The van der Waals surface area contributed by atoms with Gasteiger partial charge in [-0.15, -0.1) is 0 Å². The number of aromatic nitrogens is 2. The summed E-state index contributed by atoms with van der Waals surface area (Å²) in [6, 6.07) is 6.12. The third kappa shape index (κ3) is 4.54. The monoisotopic (exact) mass is 353 g/mol. The second kappa shape index (κ2) is 7.91. The van der Waals surface area contributed by atoms with E-state index < -0.39 is 15.7 Å². The molecule has 0 aliphatic heterocycles. The largest absolute Gasteiger partial charge is 0.497 e. The van der Waals surface area contributed by atoms with Crippen LogP contribution < -0.4 is 10.1 Å². The molecule has 2 aromatic rings. The van der Waals surface area contributed by atoms with Crippen molar-refractivity contribution in [3.05, 3.63) is 36.0 Å². The Morgan fingerprint density at radius 3 is 2.62 bits per heavy atom. The molecule has 0 bridgehead atoms. The Bertz CT molecular complexity index is 784. The summed E-state index contributed by atoms with van der Waals surface area (Å²) in [5, 5.41) is 6.24. The van der Waals surface area contributed by atoms with Gasteiger partial charge >= 0.3 is 11.8 Å².